The Labute approximate surface area is 95.6 Å². The maximum Gasteiger partial charge on any atom is 0.330 e. The van der Waals surface area contributed by atoms with Gasteiger partial charge in [0, 0.05) is 0 Å². The van der Waals surface area contributed by atoms with Crippen molar-refractivity contribution in [1.29, 1.82) is 0 Å². The molecule has 0 heterocycles. The van der Waals surface area contributed by atoms with E-state index in [0.717, 1.165) is 24.0 Å². The minimum Gasteiger partial charge on any atom is -0.467 e. The SMILES string of the molecule is COC(=O)C1(N)c2ccccc2CCC1C. The highest BCUT2D eigenvalue weighted by molar-refractivity contribution is 5.83. The van der Waals surface area contributed by atoms with Crippen LogP contribution in [0.1, 0.15) is 24.5 Å². The lowest BCUT2D eigenvalue weighted by Crippen LogP contribution is -2.53. The lowest BCUT2D eigenvalue weighted by Gasteiger charge is -2.38. The number of benzene rings is 1. The fourth-order valence-electron chi connectivity index (χ4n) is 2.49. The molecule has 16 heavy (non-hydrogen) atoms. The maximum absolute atomic E-state index is 11.9. The fraction of sp³-hybridized carbons (Fsp3) is 0.462. The molecule has 0 saturated heterocycles. The largest absolute Gasteiger partial charge is 0.467 e. The minimum atomic E-state index is -0.983. The van der Waals surface area contributed by atoms with Gasteiger partial charge in [0.25, 0.3) is 0 Å². The molecule has 3 heteroatoms. The molecule has 2 N–H and O–H groups in total. The molecule has 0 aromatic heterocycles. The van der Waals surface area contributed by atoms with E-state index in [-0.39, 0.29) is 11.9 Å². The van der Waals surface area contributed by atoms with Gasteiger partial charge >= 0.3 is 5.97 Å². The molecule has 86 valence electrons. The predicted molar refractivity (Wildman–Crippen MR) is 61.8 cm³/mol. The molecule has 1 aromatic carbocycles. The van der Waals surface area contributed by atoms with Crippen LogP contribution in [0.2, 0.25) is 0 Å². The molecule has 3 nitrogen and oxygen atoms in total. The van der Waals surface area contributed by atoms with Gasteiger partial charge in [-0.05, 0) is 29.9 Å². The van der Waals surface area contributed by atoms with Crippen molar-refractivity contribution in [2.45, 2.75) is 25.3 Å². The van der Waals surface area contributed by atoms with E-state index < -0.39 is 5.54 Å². The molecule has 1 aromatic rings. The molecule has 2 unspecified atom stereocenters. The molecule has 0 saturated carbocycles. The van der Waals surface area contributed by atoms with Crippen LogP contribution >= 0.6 is 0 Å². The van der Waals surface area contributed by atoms with Gasteiger partial charge in [0.15, 0.2) is 0 Å². The number of aryl methyl sites for hydroxylation is 1. The first-order chi connectivity index (χ1) is 7.60. The van der Waals surface area contributed by atoms with E-state index in [1.165, 1.54) is 7.11 Å². The van der Waals surface area contributed by atoms with Crippen molar-refractivity contribution in [3.63, 3.8) is 0 Å². The van der Waals surface area contributed by atoms with E-state index in [9.17, 15) is 4.79 Å². The topological polar surface area (TPSA) is 52.3 Å². The third kappa shape index (κ3) is 1.43. The van der Waals surface area contributed by atoms with Crippen molar-refractivity contribution in [2.24, 2.45) is 11.7 Å². The molecular formula is C13H17NO2. The van der Waals surface area contributed by atoms with Gasteiger partial charge < -0.3 is 10.5 Å². The average Bonchev–Trinajstić information content (AvgIpc) is 2.33. The fourth-order valence-corrected chi connectivity index (χ4v) is 2.49. The number of hydrogen-bond donors (Lipinski definition) is 1. The van der Waals surface area contributed by atoms with Crippen LogP contribution in [0.15, 0.2) is 24.3 Å². The average molecular weight is 219 g/mol. The van der Waals surface area contributed by atoms with E-state index in [0.29, 0.717) is 0 Å². The summed E-state index contributed by atoms with van der Waals surface area (Å²) >= 11 is 0. The van der Waals surface area contributed by atoms with Gasteiger partial charge in [0.05, 0.1) is 7.11 Å². The molecule has 1 aliphatic carbocycles. The number of esters is 1. The quantitative estimate of drug-likeness (QED) is 0.730. The third-order valence-corrected chi connectivity index (χ3v) is 3.61. The minimum absolute atomic E-state index is 0.106. The van der Waals surface area contributed by atoms with Crippen LogP contribution in [-0.4, -0.2) is 13.1 Å². The Bertz CT molecular complexity index is 416. The van der Waals surface area contributed by atoms with Crippen LogP contribution in [0.3, 0.4) is 0 Å². The zero-order valence-electron chi connectivity index (χ0n) is 9.69. The van der Waals surface area contributed by atoms with Crippen LogP contribution in [0, 0.1) is 5.92 Å². The van der Waals surface area contributed by atoms with E-state index >= 15 is 0 Å². The van der Waals surface area contributed by atoms with Crippen molar-refractivity contribution < 1.29 is 9.53 Å². The van der Waals surface area contributed by atoms with Crippen LogP contribution in [0.5, 0.6) is 0 Å². The number of carbonyl (C=O) groups is 1. The third-order valence-electron chi connectivity index (χ3n) is 3.61. The van der Waals surface area contributed by atoms with E-state index in [2.05, 4.69) is 0 Å². The number of fused-ring (bicyclic) bond motifs is 1. The summed E-state index contributed by atoms with van der Waals surface area (Å²) in [6.07, 6.45) is 1.90. The van der Waals surface area contributed by atoms with Crippen LogP contribution < -0.4 is 5.73 Å². The molecule has 2 atom stereocenters. The summed E-state index contributed by atoms with van der Waals surface area (Å²) < 4.78 is 4.86. The number of nitrogens with two attached hydrogens (primary N) is 1. The van der Waals surface area contributed by atoms with E-state index in [4.69, 9.17) is 10.5 Å². The second-order valence-electron chi connectivity index (χ2n) is 4.46. The molecule has 0 bridgehead atoms. The highest BCUT2D eigenvalue weighted by Gasteiger charge is 2.45. The Morgan fingerprint density at radius 3 is 2.88 bits per heavy atom. The van der Waals surface area contributed by atoms with Gasteiger partial charge in [-0.3, -0.25) is 0 Å². The zero-order chi connectivity index (χ0) is 11.8. The molecule has 1 aliphatic rings. The second kappa shape index (κ2) is 3.91. The van der Waals surface area contributed by atoms with Crippen molar-refractivity contribution in [2.75, 3.05) is 7.11 Å². The highest BCUT2D eigenvalue weighted by atomic mass is 16.5. The predicted octanol–water partition coefficient (Wildman–Crippen LogP) is 1.60. The molecule has 2 rings (SSSR count). The second-order valence-corrected chi connectivity index (χ2v) is 4.46. The van der Waals surface area contributed by atoms with Crippen LogP contribution in [0.4, 0.5) is 0 Å². The monoisotopic (exact) mass is 219 g/mol. The molecule has 0 aliphatic heterocycles. The highest BCUT2D eigenvalue weighted by Crippen LogP contribution is 2.38. The first-order valence-electron chi connectivity index (χ1n) is 5.56. The Hall–Kier alpha value is -1.35. The Morgan fingerprint density at radius 2 is 2.19 bits per heavy atom. The lowest BCUT2D eigenvalue weighted by molar-refractivity contribution is -0.150. The maximum atomic E-state index is 11.9. The van der Waals surface area contributed by atoms with Crippen LogP contribution in [0.25, 0.3) is 0 Å². The summed E-state index contributed by atoms with van der Waals surface area (Å²) in [6, 6.07) is 7.86. The summed E-state index contributed by atoms with van der Waals surface area (Å²) in [5, 5.41) is 0. The van der Waals surface area contributed by atoms with Crippen LogP contribution in [-0.2, 0) is 21.5 Å². The van der Waals surface area contributed by atoms with Crippen molar-refractivity contribution in [1.82, 2.24) is 0 Å². The number of ether oxygens (including phenoxy) is 1. The number of hydrogen-bond acceptors (Lipinski definition) is 3. The van der Waals surface area contributed by atoms with Gasteiger partial charge in [-0.15, -0.1) is 0 Å². The van der Waals surface area contributed by atoms with Gasteiger partial charge in [-0.2, -0.15) is 0 Å². The zero-order valence-corrected chi connectivity index (χ0v) is 9.69. The summed E-state index contributed by atoms with van der Waals surface area (Å²) in [7, 11) is 1.39. The van der Waals surface area contributed by atoms with Gasteiger partial charge in [-0.1, -0.05) is 31.2 Å². The molecular weight excluding hydrogens is 202 g/mol. The van der Waals surface area contributed by atoms with E-state index in [1.54, 1.807) is 0 Å². The molecule has 0 radical (unpaired) electrons. The summed E-state index contributed by atoms with van der Waals surface area (Å²) in [5.74, 6) is -0.234. The number of rotatable bonds is 1. The summed E-state index contributed by atoms with van der Waals surface area (Å²) in [6.45, 7) is 2.01. The van der Waals surface area contributed by atoms with Gasteiger partial charge in [0.2, 0.25) is 0 Å². The normalized spacial score (nSPS) is 28.3. The van der Waals surface area contributed by atoms with Crippen molar-refractivity contribution >= 4 is 5.97 Å². The standard InChI is InChI=1S/C13H17NO2/c1-9-7-8-10-5-3-4-6-11(10)13(9,14)12(15)16-2/h3-6,9H,7-8,14H2,1-2H3. The van der Waals surface area contributed by atoms with Gasteiger partial charge in [0.1, 0.15) is 5.54 Å². The summed E-state index contributed by atoms with van der Waals surface area (Å²) in [4.78, 5) is 11.9. The smallest absolute Gasteiger partial charge is 0.330 e. The molecule has 0 spiro atoms. The number of methoxy groups -OCH3 is 1. The summed E-state index contributed by atoms with van der Waals surface area (Å²) in [5.41, 5.74) is 7.39. The van der Waals surface area contributed by atoms with Crippen molar-refractivity contribution in [3.8, 4) is 0 Å². The van der Waals surface area contributed by atoms with Gasteiger partial charge in [-0.25, -0.2) is 4.79 Å². The first kappa shape index (κ1) is 11.1. The Kier molecular flexibility index (Phi) is 2.72. The molecule has 0 amide bonds. The lowest BCUT2D eigenvalue weighted by atomic mass is 9.70. The number of carbonyl (C=O) groups excluding carboxylic acids is 1. The Balaban J connectivity index is 2.56. The molecule has 0 fully saturated rings. The first-order valence-corrected chi connectivity index (χ1v) is 5.56. The van der Waals surface area contributed by atoms with E-state index in [1.807, 2.05) is 31.2 Å². The Morgan fingerprint density at radius 1 is 1.50 bits per heavy atom. The van der Waals surface area contributed by atoms with Crippen molar-refractivity contribution in [3.05, 3.63) is 35.4 Å².